The standard InChI is InChI=1S/C9H16O6/c1-8(2,14)3-4-9(15,7(12)13)5-6(10)11/h14-15H,3-5H2,1-2H3,(H,10,11)(H,12,13)/t9-/m1/s1. The first-order valence-corrected chi connectivity index (χ1v) is 4.47. The number of carbonyl (C=O) groups is 2. The second kappa shape index (κ2) is 4.59. The lowest BCUT2D eigenvalue weighted by atomic mass is 9.89. The maximum atomic E-state index is 10.7. The van der Waals surface area contributed by atoms with Crippen LogP contribution in [0.15, 0.2) is 0 Å². The number of hydrogen-bond donors (Lipinski definition) is 4. The summed E-state index contributed by atoms with van der Waals surface area (Å²) in [5, 5.41) is 36.0. The number of carboxylic acids is 2. The van der Waals surface area contributed by atoms with Gasteiger partial charge in [0.1, 0.15) is 0 Å². The van der Waals surface area contributed by atoms with Crippen molar-refractivity contribution < 1.29 is 30.0 Å². The summed E-state index contributed by atoms with van der Waals surface area (Å²) in [5.41, 5.74) is -3.45. The Morgan fingerprint density at radius 3 is 1.80 bits per heavy atom. The molecular weight excluding hydrogens is 204 g/mol. The van der Waals surface area contributed by atoms with Crippen LogP contribution in [0.4, 0.5) is 0 Å². The summed E-state index contributed by atoms with van der Waals surface area (Å²) >= 11 is 0. The molecule has 0 heterocycles. The van der Waals surface area contributed by atoms with Crippen LogP contribution in [0.25, 0.3) is 0 Å². The molecule has 0 saturated heterocycles. The molecule has 0 unspecified atom stereocenters. The fraction of sp³-hybridized carbons (Fsp3) is 0.778. The molecule has 0 saturated carbocycles. The van der Waals surface area contributed by atoms with Gasteiger partial charge in [-0.05, 0) is 26.7 Å². The normalized spacial score (nSPS) is 15.7. The quantitative estimate of drug-likeness (QED) is 0.494. The minimum atomic E-state index is -2.31. The first-order valence-electron chi connectivity index (χ1n) is 4.47. The Hall–Kier alpha value is -1.14. The van der Waals surface area contributed by atoms with Crippen molar-refractivity contribution in [1.29, 1.82) is 0 Å². The number of aliphatic carboxylic acids is 2. The molecule has 88 valence electrons. The second-order valence-corrected chi connectivity index (χ2v) is 4.22. The van der Waals surface area contributed by atoms with Crippen LogP contribution in [-0.2, 0) is 9.59 Å². The lowest BCUT2D eigenvalue weighted by Gasteiger charge is -2.25. The van der Waals surface area contributed by atoms with E-state index in [1.807, 2.05) is 0 Å². The van der Waals surface area contributed by atoms with E-state index in [2.05, 4.69) is 0 Å². The lowest BCUT2D eigenvalue weighted by molar-refractivity contribution is -0.167. The highest BCUT2D eigenvalue weighted by molar-refractivity contribution is 5.83. The van der Waals surface area contributed by atoms with Crippen molar-refractivity contribution in [3.8, 4) is 0 Å². The average molecular weight is 220 g/mol. The van der Waals surface area contributed by atoms with Crippen molar-refractivity contribution in [1.82, 2.24) is 0 Å². The lowest BCUT2D eigenvalue weighted by Crippen LogP contribution is -2.42. The minimum absolute atomic E-state index is 0.00306. The number of rotatable bonds is 6. The molecule has 0 aliphatic rings. The maximum Gasteiger partial charge on any atom is 0.336 e. The Bertz CT molecular complexity index is 254. The van der Waals surface area contributed by atoms with Gasteiger partial charge < -0.3 is 20.4 Å². The van der Waals surface area contributed by atoms with Gasteiger partial charge in [-0.15, -0.1) is 0 Å². The fourth-order valence-corrected chi connectivity index (χ4v) is 1.03. The number of aliphatic hydroxyl groups is 2. The molecule has 0 bridgehead atoms. The molecule has 1 atom stereocenters. The van der Waals surface area contributed by atoms with Gasteiger partial charge in [0.25, 0.3) is 0 Å². The van der Waals surface area contributed by atoms with Gasteiger partial charge in [0.05, 0.1) is 12.0 Å². The van der Waals surface area contributed by atoms with Crippen molar-refractivity contribution in [2.45, 2.75) is 44.3 Å². The van der Waals surface area contributed by atoms with E-state index in [9.17, 15) is 19.8 Å². The molecule has 0 aromatic rings. The van der Waals surface area contributed by atoms with Gasteiger partial charge in [-0.2, -0.15) is 0 Å². The molecule has 0 aromatic carbocycles. The molecule has 0 amide bonds. The first-order chi connectivity index (χ1) is 6.57. The summed E-state index contributed by atoms with van der Waals surface area (Å²) < 4.78 is 0. The van der Waals surface area contributed by atoms with Crippen LogP contribution < -0.4 is 0 Å². The summed E-state index contributed by atoms with van der Waals surface area (Å²) in [7, 11) is 0. The monoisotopic (exact) mass is 220 g/mol. The predicted molar refractivity (Wildman–Crippen MR) is 50.4 cm³/mol. The number of carboxylic acid groups (broad SMARTS) is 2. The van der Waals surface area contributed by atoms with E-state index in [0.717, 1.165) is 0 Å². The fourth-order valence-electron chi connectivity index (χ4n) is 1.03. The summed E-state index contributed by atoms with van der Waals surface area (Å²) in [5.74, 6) is -2.98. The van der Waals surface area contributed by atoms with Gasteiger partial charge >= 0.3 is 11.9 Å². The minimum Gasteiger partial charge on any atom is -0.481 e. The van der Waals surface area contributed by atoms with E-state index in [-0.39, 0.29) is 12.8 Å². The highest BCUT2D eigenvalue weighted by Crippen LogP contribution is 2.22. The van der Waals surface area contributed by atoms with E-state index in [4.69, 9.17) is 10.2 Å². The van der Waals surface area contributed by atoms with E-state index in [1.54, 1.807) is 0 Å². The molecule has 0 rings (SSSR count). The summed E-state index contributed by atoms with van der Waals surface area (Å²) in [6.07, 6.45) is -1.18. The van der Waals surface area contributed by atoms with Gasteiger partial charge in [-0.1, -0.05) is 0 Å². The Labute approximate surface area is 87.2 Å². The van der Waals surface area contributed by atoms with E-state index >= 15 is 0 Å². The van der Waals surface area contributed by atoms with Crippen LogP contribution in [0, 0.1) is 0 Å². The van der Waals surface area contributed by atoms with Crippen LogP contribution in [-0.4, -0.2) is 43.6 Å². The first kappa shape index (κ1) is 13.9. The van der Waals surface area contributed by atoms with E-state index in [1.165, 1.54) is 13.8 Å². The van der Waals surface area contributed by atoms with Gasteiger partial charge in [-0.3, -0.25) is 4.79 Å². The van der Waals surface area contributed by atoms with Gasteiger partial charge in [0, 0.05) is 0 Å². The molecule has 15 heavy (non-hydrogen) atoms. The van der Waals surface area contributed by atoms with Crippen molar-refractivity contribution in [2.24, 2.45) is 0 Å². The molecule has 0 spiro atoms. The summed E-state index contributed by atoms with van der Waals surface area (Å²) in [6.45, 7) is 2.91. The molecular formula is C9H16O6. The SMILES string of the molecule is CC(C)(O)CC[C@@](O)(CC(=O)O)C(=O)O. The van der Waals surface area contributed by atoms with Crippen molar-refractivity contribution in [3.05, 3.63) is 0 Å². The molecule has 6 heteroatoms. The molecule has 0 aromatic heterocycles. The van der Waals surface area contributed by atoms with Gasteiger partial charge in [-0.25, -0.2) is 4.79 Å². The molecule has 6 nitrogen and oxygen atoms in total. The van der Waals surface area contributed by atoms with Crippen molar-refractivity contribution in [2.75, 3.05) is 0 Å². The zero-order valence-electron chi connectivity index (χ0n) is 8.73. The third kappa shape index (κ3) is 5.34. The largest absolute Gasteiger partial charge is 0.481 e. The van der Waals surface area contributed by atoms with Crippen LogP contribution in [0.1, 0.15) is 33.1 Å². The Kier molecular flexibility index (Phi) is 4.24. The van der Waals surface area contributed by atoms with Gasteiger partial charge in [0.2, 0.25) is 0 Å². The Morgan fingerprint density at radius 1 is 1.07 bits per heavy atom. The second-order valence-electron chi connectivity index (χ2n) is 4.22. The molecule has 4 N–H and O–H groups in total. The Morgan fingerprint density at radius 2 is 1.53 bits per heavy atom. The van der Waals surface area contributed by atoms with Crippen LogP contribution in [0.3, 0.4) is 0 Å². The molecule has 0 aliphatic heterocycles. The zero-order valence-corrected chi connectivity index (χ0v) is 8.73. The Balaban J connectivity index is 4.53. The molecule has 0 aliphatic carbocycles. The molecule has 0 radical (unpaired) electrons. The van der Waals surface area contributed by atoms with E-state index in [0.29, 0.717) is 0 Å². The average Bonchev–Trinajstić information content (AvgIpc) is 1.98. The van der Waals surface area contributed by atoms with Crippen LogP contribution in [0.2, 0.25) is 0 Å². The predicted octanol–water partition coefficient (Wildman–Crippen LogP) is -0.172. The highest BCUT2D eigenvalue weighted by Gasteiger charge is 2.39. The third-order valence-electron chi connectivity index (χ3n) is 1.99. The van der Waals surface area contributed by atoms with E-state index < -0.39 is 29.6 Å². The zero-order chi connectivity index (χ0) is 12.3. The van der Waals surface area contributed by atoms with Crippen LogP contribution in [0.5, 0.6) is 0 Å². The smallest absolute Gasteiger partial charge is 0.336 e. The van der Waals surface area contributed by atoms with Crippen molar-refractivity contribution in [3.63, 3.8) is 0 Å². The number of hydrogen-bond acceptors (Lipinski definition) is 4. The topological polar surface area (TPSA) is 115 Å². The summed E-state index contributed by atoms with van der Waals surface area (Å²) in [6, 6.07) is 0. The summed E-state index contributed by atoms with van der Waals surface area (Å²) in [4.78, 5) is 21.0. The van der Waals surface area contributed by atoms with Gasteiger partial charge in [0.15, 0.2) is 5.60 Å². The molecule has 0 fully saturated rings. The van der Waals surface area contributed by atoms with Crippen LogP contribution >= 0.6 is 0 Å². The van der Waals surface area contributed by atoms with Crippen molar-refractivity contribution >= 4 is 11.9 Å². The maximum absolute atomic E-state index is 10.7. The third-order valence-corrected chi connectivity index (χ3v) is 1.99. The highest BCUT2D eigenvalue weighted by atomic mass is 16.4.